The lowest BCUT2D eigenvalue weighted by Gasteiger charge is -2.12. The van der Waals surface area contributed by atoms with Crippen LogP contribution < -0.4 is 10.1 Å². The number of aliphatic hydroxyl groups excluding tert-OH is 1. The minimum Gasteiger partial charge on any atom is -0.497 e. The number of hydrogen-bond acceptors (Lipinski definition) is 5. The molecule has 0 spiro atoms. The average molecular weight is 439 g/mol. The smallest absolute Gasteiger partial charge is 0.332 e. The summed E-state index contributed by atoms with van der Waals surface area (Å²) in [7, 11) is 1.67. The molecular formula is C24H23ClN2O4. The van der Waals surface area contributed by atoms with Crippen molar-refractivity contribution in [2.24, 2.45) is 0 Å². The van der Waals surface area contributed by atoms with Crippen molar-refractivity contribution in [3.63, 3.8) is 0 Å². The van der Waals surface area contributed by atoms with Crippen LogP contribution in [0.25, 0.3) is 21.8 Å². The van der Waals surface area contributed by atoms with Crippen LogP contribution in [0.15, 0.2) is 66.7 Å². The zero-order valence-corrected chi connectivity index (χ0v) is 17.9. The molecule has 4 rings (SSSR count). The Morgan fingerprint density at radius 3 is 2.45 bits per heavy atom. The summed E-state index contributed by atoms with van der Waals surface area (Å²) < 4.78 is 5.46. The highest BCUT2D eigenvalue weighted by Gasteiger charge is 2.09. The Bertz CT molecular complexity index is 1200. The van der Waals surface area contributed by atoms with Gasteiger partial charge >= 0.3 is 5.97 Å². The second kappa shape index (κ2) is 10.1. The van der Waals surface area contributed by atoms with Crippen molar-refractivity contribution < 1.29 is 19.7 Å². The maximum atomic E-state index is 9.45. The largest absolute Gasteiger partial charge is 0.497 e. The van der Waals surface area contributed by atoms with Crippen LogP contribution in [0.1, 0.15) is 12.5 Å². The molecule has 160 valence electrons. The maximum Gasteiger partial charge on any atom is 0.332 e. The van der Waals surface area contributed by atoms with Gasteiger partial charge in [0.15, 0.2) is 0 Å². The molecule has 0 aliphatic carbocycles. The topological polar surface area (TPSA) is 91.7 Å². The molecular weight excluding hydrogens is 416 g/mol. The molecule has 3 aromatic carbocycles. The Morgan fingerprint density at radius 1 is 1.10 bits per heavy atom. The minimum atomic E-state index is -1.23. The zero-order valence-electron chi connectivity index (χ0n) is 17.2. The number of anilines is 1. The molecule has 1 unspecified atom stereocenters. The SMILES string of the molecule is CC(O)C(=O)O.COc1cc(NCc2ccccc2)c2nc3ccc(Cl)cc3cc2c1. The van der Waals surface area contributed by atoms with E-state index in [0.717, 1.165) is 39.8 Å². The van der Waals surface area contributed by atoms with Gasteiger partial charge in [-0.05, 0) is 42.8 Å². The number of methoxy groups -OCH3 is 1. The van der Waals surface area contributed by atoms with Gasteiger partial charge in [0.25, 0.3) is 0 Å². The molecule has 0 amide bonds. The van der Waals surface area contributed by atoms with Gasteiger partial charge in [0.1, 0.15) is 11.9 Å². The third-order valence-electron chi connectivity index (χ3n) is 4.56. The standard InChI is InChI=1S/C21H17ClN2O.C3H6O3/c1-25-18-11-16-9-15-10-17(22)7-8-19(15)24-21(16)20(12-18)23-13-14-5-3-2-4-6-14;1-2(4)3(5)6/h2-12,23H,13H2,1H3;2,4H,1H3,(H,5,6). The number of carboxylic acids is 1. The van der Waals surface area contributed by atoms with Crippen LogP contribution in [-0.4, -0.2) is 34.4 Å². The summed E-state index contributed by atoms with van der Waals surface area (Å²) in [5.74, 6) is -0.388. The van der Waals surface area contributed by atoms with Crippen LogP contribution in [0.4, 0.5) is 5.69 Å². The molecule has 7 heteroatoms. The molecule has 0 aliphatic heterocycles. The number of pyridine rings is 1. The second-order valence-corrected chi connectivity index (χ2v) is 7.36. The molecule has 1 atom stereocenters. The van der Waals surface area contributed by atoms with E-state index in [9.17, 15) is 4.79 Å². The first kappa shape index (κ1) is 22.3. The average Bonchev–Trinajstić information content (AvgIpc) is 2.77. The molecule has 0 saturated heterocycles. The van der Waals surface area contributed by atoms with Crippen molar-refractivity contribution in [3.05, 3.63) is 77.3 Å². The number of rotatable bonds is 5. The quantitative estimate of drug-likeness (QED) is 0.375. The monoisotopic (exact) mass is 438 g/mol. The minimum absolute atomic E-state index is 0.707. The summed E-state index contributed by atoms with van der Waals surface area (Å²) in [6.45, 7) is 1.92. The van der Waals surface area contributed by atoms with E-state index in [4.69, 9.17) is 31.5 Å². The molecule has 4 aromatic rings. The third-order valence-corrected chi connectivity index (χ3v) is 4.80. The fourth-order valence-electron chi connectivity index (χ4n) is 2.94. The lowest BCUT2D eigenvalue weighted by molar-refractivity contribution is -0.145. The molecule has 0 bridgehead atoms. The van der Waals surface area contributed by atoms with E-state index < -0.39 is 12.1 Å². The second-order valence-electron chi connectivity index (χ2n) is 6.93. The molecule has 1 heterocycles. The van der Waals surface area contributed by atoms with Crippen LogP contribution >= 0.6 is 11.6 Å². The highest BCUT2D eigenvalue weighted by atomic mass is 35.5. The number of aliphatic carboxylic acids is 1. The predicted octanol–water partition coefficient (Wildman–Crippen LogP) is 5.11. The summed E-state index contributed by atoms with van der Waals surface area (Å²) in [5.41, 5.74) is 4.01. The number of carbonyl (C=O) groups is 1. The fourth-order valence-corrected chi connectivity index (χ4v) is 3.12. The van der Waals surface area contributed by atoms with Crippen molar-refractivity contribution in [1.82, 2.24) is 4.98 Å². The first-order chi connectivity index (χ1) is 14.9. The van der Waals surface area contributed by atoms with E-state index in [1.165, 1.54) is 12.5 Å². The third kappa shape index (κ3) is 5.84. The number of halogens is 1. The summed E-state index contributed by atoms with van der Waals surface area (Å²) in [4.78, 5) is 14.3. The van der Waals surface area contributed by atoms with Gasteiger partial charge in [-0.15, -0.1) is 0 Å². The number of fused-ring (bicyclic) bond motifs is 2. The number of benzene rings is 3. The van der Waals surface area contributed by atoms with E-state index >= 15 is 0 Å². The van der Waals surface area contributed by atoms with Gasteiger partial charge in [0.2, 0.25) is 0 Å². The molecule has 31 heavy (non-hydrogen) atoms. The number of ether oxygens (including phenoxy) is 1. The van der Waals surface area contributed by atoms with E-state index in [1.807, 2.05) is 48.5 Å². The maximum absolute atomic E-state index is 9.45. The lowest BCUT2D eigenvalue weighted by atomic mass is 10.1. The summed E-state index contributed by atoms with van der Waals surface area (Å²) in [6.07, 6.45) is -1.23. The van der Waals surface area contributed by atoms with Crippen LogP contribution in [0.5, 0.6) is 5.75 Å². The van der Waals surface area contributed by atoms with E-state index in [-0.39, 0.29) is 0 Å². The van der Waals surface area contributed by atoms with Crippen molar-refractivity contribution in [2.75, 3.05) is 12.4 Å². The van der Waals surface area contributed by atoms with Crippen LogP contribution in [0, 0.1) is 0 Å². The summed E-state index contributed by atoms with van der Waals surface area (Å²) in [6, 6.07) is 22.1. The van der Waals surface area contributed by atoms with Gasteiger partial charge in [0, 0.05) is 28.4 Å². The van der Waals surface area contributed by atoms with Gasteiger partial charge in [-0.1, -0.05) is 41.9 Å². The number of nitrogens with one attached hydrogen (secondary N) is 1. The molecule has 3 N–H and O–H groups in total. The predicted molar refractivity (Wildman–Crippen MR) is 124 cm³/mol. The summed E-state index contributed by atoms with van der Waals surface area (Å²) in [5, 5.41) is 22.0. The van der Waals surface area contributed by atoms with Crippen LogP contribution in [0.2, 0.25) is 5.02 Å². The molecule has 0 fully saturated rings. The molecule has 0 saturated carbocycles. The van der Waals surface area contributed by atoms with Crippen LogP contribution in [0.3, 0.4) is 0 Å². The molecule has 0 aliphatic rings. The van der Waals surface area contributed by atoms with Crippen molar-refractivity contribution >= 4 is 45.1 Å². The fraction of sp³-hybridized carbons (Fsp3) is 0.167. The highest BCUT2D eigenvalue weighted by molar-refractivity contribution is 6.31. The Hall–Kier alpha value is -3.35. The number of aromatic nitrogens is 1. The van der Waals surface area contributed by atoms with Crippen molar-refractivity contribution in [3.8, 4) is 5.75 Å². The number of carboxylic acid groups (broad SMARTS) is 1. The Balaban J connectivity index is 0.000000401. The van der Waals surface area contributed by atoms with Gasteiger partial charge in [-0.3, -0.25) is 0 Å². The molecule has 0 radical (unpaired) electrons. The number of aliphatic hydroxyl groups is 1. The normalized spacial score (nSPS) is 11.5. The Kier molecular flexibility index (Phi) is 7.28. The van der Waals surface area contributed by atoms with Crippen molar-refractivity contribution in [2.45, 2.75) is 19.6 Å². The van der Waals surface area contributed by atoms with E-state index in [0.29, 0.717) is 5.02 Å². The van der Waals surface area contributed by atoms with Gasteiger partial charge in [-0.2, -0.15) is 0 Å². The molecule has 1 aromatic heterocycles. The first-order valence-electron chi connectivity index (χ1n) is 9.64. The van der Waals surface area contributed by atoms with Crippen LogP contribution in [-0.2, 0) is 11.3 Å². The summed E-state index contributed by atoms with van der Waals surface area (Å²) >= 11 is 6.11. The lowest BCUT2D eigenvalue weighted by Crippen LogP contribution is -2.13. The number of nitrogens with zero attached hydrogens (tertiary/aromatic N) is 1. The molecule has 6 nitrogen and oxygen atoms in total. The Labute approximate surface area is 185 Å². The first-order valence-corrected chi connectivity index (χ1v) is 10.0. The number of hydrogen-bond donors (Lipinski definition) is 3. The van der Waals surface area contributed by atoms with Gasteiger partial charge in [-0.25, -0.2) is 9.78 Å². The van der Waals surface area contributed by atoms with E-state index in [2.05, 4.69) is 23.5 Å². The zero-order chi connectivity index (χ0) is 22.4. The van der Waals surface area contributed by atoms with E-state index in [1.54, 1.807) is 7.11 Å². The van der Waals surface area contributed by atoms with Gasteiger partial charge in [0.05, 0.1) is 23.8 Å². The van der Waals surface area contributed by atoms with Crippen molar-refractivity contribution in [1.29, 1.82) is 0 Å². The Morgan fingerprint density at radius 2 is 1.81 bits per heavy atom. The highest BCUT2D eigenvalue weighted by Crippen LogP contribution is 2.31. The van der Waals surface area contributed by atoms with Gasteiger partial charge < -0.3 is 20.3 Å².